The van der Waals surface area contributed by atoms with Gasteiger partial charge in [0.25, 0.3) is 0 Å². The van der Waals surface area contributed by atoms with E-state index in [1.807, 2.05) is 0 Å². The van der Waals surface area contributed by atoms with Crippen LogP contribution in [0.25, 0.3) is 11.0 Å². The quantitative estimate of drug-likeness (QED) is 0.777. The van der Waals surface area contributed by atoms with Crippen molar-refractivity contribution in [2.45, 2.75) is 6.92 Å². The molecule has 1 heterocycles. The zero-order valence-corrected chi connectivity index (χ0v) is 9.37. The molecule has 1 aromatic heterocycles. The molecular weight excluding hydrogens is 208 g/mol. The third-order valence-corrected chi connectivity index (χ3v) is 2.36. The van der Waals surface area contributed by atoms with Gasteiger partial charge in [0.2, 0.25) is 0 Å². The highest BCUT2D eigenvalue weighted by Gasteiger charge is 2.10. The maximum absolute atomic E-state index is 11.7. The second kappa shape index (κ2) is 3.89. The molecule has 0 unspecified atom stereocenters. The van der Waals surface area contributed by atoms with Crippen LogP contribution in [0.2, 0.25) is 0 Å². The van der Waals surface area contributed by atoms with Gasteiger partial charge in [-0.05, 0) is 13.0 Å². The number of fused-ring (bicyclic) bond motifs is 1. The van der Waals surface area contributed by atoms with Gasteiger partial charge in [-0.3, -0.25) is 4.79 Å². The van der Waals surface area contributed by atoms with Crippen molar-refractivity contribution in [2.24, 2.45) is 0 Å². The van der Waals surface area contributed by atoms with E-state index in [1.54, 1.807) is 19.1 Å². The van der Waals surface area contributed by atoms with E-state index in [1.165, 1.54) is 20.3 Å². The summed E-state index contributed by atoms with van der Waals surface area (Å²) in [5, 5.41) is 0.489. The number of aryl methyl sites for hydroxylation is 1. The fraction of sp³-hybridized carbons (Fsp3) is 0.250. The smallest absolute Gasteiger partial charge is 0.193 e. The molecule has 0 aliphatic carbocycles. The summed E-state index contributed by atoms with van der Waals surface area (Å²) in [4.78, 5) is 11.7. The zero-order chi connectivity index (χ0) is 11.7. The molecular formula is C12H12O4. The highest BCUT2D eigenvalue weighted by atomic mass is 16.5. The van der Waals surface area contributed by atoms with Gasteiger partial charge in [-0.2, -0.15) is 0 Å². The fourth-order valence-corrected chi connectivity index (χ4v) is 1.60. The lowest BCUT2D eigenvalue weighted by molar-refractivity contribution is 0.355. The Morgan fingerprint density at radius 3 is 2.31 bits per heavy atom. The van der Waals surface area contributed by atoms with E-state index < -0.39 is 0 Å². The molecule has 1 aromatic carbocycles. The Morgan fingerprint density at radius 2 is 1.69 bits per heavy atom. The first-order valence-corrected chi connectivity index (χ1v) is 4.82. The second-order valence-corrected chi connectivity index (χ2v) is 3.42. The van der Waals surface area contributed by atoms with Crippen LogP contribution in [0.5, 0.6) is 11.5 Å². The standard InChI is InChI=1S/C12H12O4/c1-7-4-9(13)8-5-11(14-2)12(15-3)6-10(8)16-7/h4-6H,1-3H3. The molecule has 16 heavy (non-hydrogen) atoms. The molecule has 2 rings (SSSR count). The molecule has 4 heteroatoms. The van der Waals surface area contributed by atoms with Crippen molar-refractivity contribution in [3.63, 3.8) is 0 Å². The van der Waals surface area contributed by atoms with Crippen molar-refractivity contribution in [3.8, 4) is 11.5 Å². The molecule has 0 spiro atoms. The van der Waals surface area contributed by atoms with Crippen molar-refractivity contribution < 1.29 is 13.9 Å². The molecule has 0 amide bonds. The Hall–Kier alpha value is -1.97. The van der Waals surface area contributed by atoms with Crippen molar-refractivity contribution >= 4 is 11.0 Å². The molecule has 2 aromatic rings. The van der Waals surface area contributed by atoms with Crippen LogP contribution in [0.3, 0.4) is 0 Å². The minimum absolute atomic E-state index is 0.0836. The normalized spacial score (nSPS) is 10.4. The predicted molar refractivity (Wildman–Crippen MR) is 60.3 cm³/mol. The summed E-state index contributed by atoms with van der Waals surface area (Å²) in [6.07, 6.45) is 0. The molecule has 0 N–H and O–H groups in total. The Labute approximate surface area is 92.4 Å². The Bertz CT molecular complexity index is 583. The summed E-state index contributed by atoms with van der Waals surface area (Å²) in [6, 6.07) is 4.73. The van der Waals surface area contributed by atoms with Crippen molar-refractivity contribution in [2.75, 3.05) is 14.2 Å². The number of hydrogen-bond acceptors (Lipinski definition) is 4. The second-order valence-electron chi connectivity index (χ2n) is 3.42. The van der Waals surface area contributed by atoms with E-state index >= 15 is 0 Å². The third-order valence-electron chi connectivity index (χ3n) is 2.36. The Kier molecular flexibility index (Phi) is 2.56. The minimum Gasteiger partial charge on any atom is -0.493 e. The summed E-state index contributed by atoms with van der Waals surface area (Å²) < 4.78 is 15.7. The fourth-order valence-electron chi connectivity index (χ4n) is 1.60. The van der Waals surface area contributed by atoms with Crippen LogP contribution in [0.15, 0.2) is 27.4 Å². The van der Waals surface area contributed by atoms with Gasteiger partial charge in [-0.25, -0.2) is 0 Å². The maximum Gasteiger partial charge on any atom is 0.193 e. The van der Waals surface area contributed by atoms with Crippen LogP contribution in [0, 0.1) is 6.92 Å². The van der Waals surface area contributed by atoms with Crippen LogP contribution in [0.1, 0.15) is 5.76 Å². The number of methoxy groups -OCH3 is 2. The van der Waals surface area contributed by atoms with Crippen LogP contribution in [-0.4, -0.2) is 14.2 Å². The van der Waals surface area contributed by atoms with E-state index in [9.17, 15) is 4.79 Å². The average molecular weight is 220 g/mol. The topological polar surface area (TPSA) is 48.7 Å². The molecule has 0 saturated heterocycles. The number of rotatable bonds is 2. The molecule has 0 fully saturated rings. The maximum atomic E-state index is 11.7. The molecule has 0 bridgehead atoms. The van der Waals surface area contributed by atoms with Gasteiger partial charge < -0.3 is 13.9 Å². The largest absolute Gasteiger partial charge is 0.493 e. The van der Waals surface area contributed by atoms with Gasteiger partial charge in [0.05, 0.1) is 19.6 Å². The monoisotopic (exact) mass is 220 g/mol. The van der Waals surface area contributed by atoms with Crippen molar-refractivity contribution in [1.82, 2.24) is 0 Å². The Balaban J connectivity index is 2.83. The molecule has 0 aliphatic rings. The van der Waals surface area contributed by atoms with E-state index in [-0.39, 0.29) is 5.43 Å². The number of hydrogen-bond donors (Lipinski definition) is 0. The lowest BCUT2D eigenvalue weighted by atomic mass is 10.2. The summed E-state index contributed by atoms with van der Waals surface area (Å²) in [6.45, 7) is 1.73. The summed E-state index contributed by atoms with van der Waals surface area (Å²) in [5.74, 6) is 1.64. The summed E-state index contributed by atoms with van der Waals surface area (Å²) in [7, 11) is 3.07. The van der Waals surface area contributed by atoms with Gasteiger partial charge in [-0.15, -0.1) is 0 Å². The van der Waals surface area contributed by atoms with Crippen LogP contribution in [-0.2, 0) is 0 Å². The first-order chi connectivity index (χ1) is 7.65. The first kappa shape index (κ1) is 10.5. The lowest BCUT2D eigenvalue weighted by Crippen LogP contribution is -2.01. The van der Waals surface area contributed by atoms with Crippen molar-refractivity contribution in [1.29, 1.82) is 0 Å². The van der Waals surface area contributed by atoms with Gasteiger partial charge in [0.15, 0.2) is 16.9 Å². The Morgan fingerprint density at radius 1 is 1.06 bits per heavy atom. The van der Waals surface area contributed by atoms with Gasteiger partial charge in [0, 0.05) is 12.1 Å². The summed E-state index contributed by atoms with van der Waals surface area (Å²) in [5.41, 5.74) is 0.419. The number of ether oxygens (including phenoxy) is 2. The zero-order valence-electron chi connectivity index (χ0n) is 9.37. The van der Waals surface area contributed by atoms with Crippen LogP contribution < -0.4 is 14.9 Å². The molecule has 0 atom stereocenters. The summed E-state index contributed by atoms with van der Waals surface area (Å²) >= 11 is 0. The highest BCUT2D eigenvalue weighted by molar-refractivity contribution is 5.80. The van der Waals surface area contributed by atoms with E-state index in [0.717, 1.165) is 0 Å². The van der Waals surface area contributed by atoms with Gasteiger partial charge >= 0.3 is 0 Å². The number of benzene rings is 1. The van der Waals surface area contributed by atoms with Crippen molar-refractivity contribution in [3.05, 3.63) is 34.2 Å². The van der Waals surface area contributed by atoms with E-state index in [2.05, 4.69) is 0 Å². The third kappa shape index (κ3) is 1.62. The van der Waals surface area contributed by atoms with E-state index in [4.69, 9.17) is 13.9 Å². The van der Waals surface area contributed by atoms with Crippen LogP contribution in [0.4, 0.5) is 0 Å². The highest BCUT2D eigenvalue weighted by Crippen LogP contribution is 2.30. The SMILES string of the molecule is COc1cc2oc(C)cc(=O)c2cc1OC. The molecule has 84 valence electrons. The molecule has 4 nitrogen and oxygen atoms in total. The minimum atomic E-state index is -0.0836. The lowest BCUT2D eigenvalue weighted by Gasteiger charge is -2.08. The van der Waals surface area contributed by atoms with Gasteiger partial charge in [0.1, 0.15) is 11.3 Å². The molecule has 0 aliphatic heterocycles. The van der Waals surface area contributed by atoms with E-state index in [0.29, 0.717) is 28.2 Å². The van der Waals surface area contributed by atoms with Gasteiger partial charge in [-0.1, -0.05) is 0 Å². The van der Waals surface area contributed by atoms with Crippen LogP contribution >= 0.6 is 0 Å². The average Bonchev–Trinajstić information content (AvgIpc) is 2.27. The predicted octanol–water partition coefficient (Wildman–Crippen LogP) is 2.12. The first-order valence-electron chi connectivity index (χ1n) is 4.82. The molecule has 0 saturated carbocycles. The molecule has 0 radical (unpaired) electrons.